The first-order valence-corrected chi connectivity index (χ1v) is 8.97. The van der Waals surface area contributed by atoms with E-state index in [9.17, 15) is 9.59 Å². The second kappa shape index (κ2) is 6.96. The van der Waals surface area contributed by atoms with Crippen LogP contribution >= 0.6 is 12.4 Å². The predicted octanol–water partition coefficient (Wildman–Crippen LogP) is 1.59. The number of nitrogens with zero attached hydrogens (tertiary/aromatic N) is 1. The maximum Gasteiger partial charge on any atom is 0.225 e. The van der Waals surface area contributed by atoms with Gasteiger partial charge in [-0.3, -0.25) is 9.59 Å². The topological polar surface area (TPSA) is 75.4 Å². The molecule has 136 valence electrons. The lowest BCUT2D eigenvalue weighted by Crippen LogP contribution is -2.57. The van der Waals surface area contributed by atoms with E-state index in [-0.39, 0.29) is 41.6 Å². The number of rotatable bonds is 5. The van der Waals surface area contributed by atoms with Crippen LogP contribution in [-0.2, 0) is 15.0 Å². The maximum absolute atomic E-state index is 12.5. The van der Waals surface area contributed by atoms with Crippen molar-refractivity contribution in [1.82, 2.24) is 10.2 Å². The zero-order chi connectivity index (χ0) is 16.7. The van der Waals surface area contributed by atoms with E-state index in [0.29, 0.717) is 25.6 Å². The molecule has 2 saturated carbocycles. The Bertz CT molecular complexity index is 641. The molecule has 1 aliphatic heterocycles. The van der Waals surface area contributed by atoms with E-state index in [1.807, 2.05) is 23.1 Å². The highest BCUT2D eigenvalue weighted by molar-refractivity contribution is 5.89. The molecular weight excluding hydrogens is 338 g/mol. The van der Waals surface area contributed by atoms with Crippen LogP contribution in [0.1, 0.15) is 37.7 Å². The summed E-state index contributed by atoms with van der Waals surface area (Å²) in [6.07, 6.45) is 4.33. The summed E-state index contributed by atoms with van der Waals surface area (Å²) in [6.45, 7) is 1.20. The molecule has 1 atom stereocenters. The molecular formula is C19H26ClN3O2. The van der Waals surface area contributed by atoms with Gasteiger partial charge in [0, 0.05) is 37.0 Å². The molecule has 1 aromatic rings. The molecule has 0 aromatic heterocycles. The Morgan fingerprint density at radius 3 is 2.52 bits per heavy atom. The Kier molecular flexibility index (Phi) is 5.07. The van der Waals surface area contributed by atoms with E-state index in [0.717, 1.165) is 25.7 Å². The van der Waals surface area contributed by atoms with Gasteiger partial charge in [0.1, 0.15) is 0 Å². The summed E-state index contributed by atoms with van der Waals surface area (Å²) in [7, 11) is 0. The van der Waals surface area contributed by atoms with Crippen LogP contribution in [0.15, 0.2) is 30.3 Å². The summed E-state index contributed by atoms with van der Waals surface area (Å²) in [5, 5.41) is 3.14. The lowest BCUT2D eigenvalue weighted by atomic mass is 9.61. The second-order valence-electron chi connectivity index (χ2n) is 7.64. The molecule has 6 heteroatoms. The van der Waals surface area contributed by atoms with E-state index in [1.54, 1.807) is 0 Å². The third-order valence-corrected chi connectivity index (χ3v) is 5.91. The number of amides is 2. The number of hydrogen-bond donors (Lipinski definition) is 2. The van der Waals surface area contributed by atoms with E-state index in [2.05, 4.69) is 17.4 Å². The SMILES string of the molecule is Cl.NCC1(c2ccccc2)CC(NC(=O)[C@H]2CC(=O)N(C3CC3)C2)C1. The average molecular weight is 364 g/mol. The van der Waals surface area contributed by atoms with Crippen LogP contribution in [0.5, 0.6) is 0 Å². The zero-order valence-corrected chi connectivity index (χ0v) is 15.1. The Morgan fingerprint density at radius 2 is 1.92 bits per heavy atom. The van der Waals surface area contributed by atoms with Gasteiger partial charge in [-0.05, 0) is 31.2 Å². The maximum atomic E-state index is 12.5. The van der Waals surface area contributed by atoms with Crippen LogP contribution in [0, 0.1) is 5.92 Å². The van der Waals surface area contributed by atoms with Crippen molar-refractivity contribution in [2.24, 2.45) is 11.7 Å². The number of carbonyl (C=O) groups excluding carboxylic acids is 2. The van der Waals surface area contributed by atoms with Crippen LogP contribution in [0.4, 0.5) is 0 Å². The van der Waals surface area contributed by atoms with E-state index in [4.69, 9.17) is 5.73 Å². The zero-order valence-electron chi connectivity index (χ0n) is 14.3. The van der Waals surface area contributed by atoms with Crippen LogP contribution < -0.4 is 11.1 Å². The van der Waals surface area contributed by atoms with Gasteiger partial charge in [0.05, 0.1) is 5.92 Å². The third kappa shape index (κ3) is 3.40. The number of nitrogens with one attached hydrogen (secondary N) is 1. The van der Waals surface area contributed by atoms with Gasteiger partial charge < -0.3 is 16.0 Å². The van der Waals surface area contributed by atoms with Gasteiger partial charge in [0.2, 0.25) is 11.8 Å². The summed E-state index contributed by atoms with van der Waals surface area (Å²) < 4.78 is 0. The highest BCUT2D eigenvalue weighted by atomic mass is 35.5. The van der Waals surface area contributed by atoms with Crippen molar-refractivity contribution in [3.8, 4) is 0 Å². The van der Waals surface area contributed by atoms with Gasteiger partial charge in [-0.2, -0.15) is 0 Å². The van der Waals surface area contributed by atoms with Gasteiger partial charge in [-0.1, -0.05) is 30.3 Å². The fourth-order valence-electron chi connectivity index (χ4n) is 4.26. The van der Waals surface area contributed by atoms with Crippen molar-refractivity contribution < 1.29 is 9.59 Å². The van der Waals surface area contributed by atoms with E-state index in [1.165, 1.54) is 5.56 Å². The molecule has 0 unspecified atom stereocenters. The Labute approximate surface area is 154 Å². The van der Waals surface area contributed by atoms with Gasteiger partial charge in [0.15, 0.2) is 0 Å². The highest BCUT2D eigenvalue weighted by Crippen LogP contribution is 2.43. The molecule has 3 aliphatic rings. The van der Waals surface area contributed by atoms with E-state index >= 15 is 0 Å². The monoisotopic (exact) mass is 363 g/mol. The molecule has 1 saturated heterocycles. The minimum atomic E-state index is -0.178. The smallest absolute Gasteiger partial charge is 0.225 e. The van der Waals surface area contributed by atoms with Crippen LogP contribution in [0.3, 0.4) is 0 Å². The predicted molar refractivity (Wildman–Crippen MR) is 98.4 cm³/mol. The summed E-state index contributed by atoms with van der Waals surface area (Å²) in [5.74, 6) is 0.00438. The molecule has 3 fully saturated rings. The number of nitrogens with two attached hydrogens (primary N) is 1. The fourth-order valence-corrected chi connectivity index (χ4v) is 4.26. The second-order valence-corrected chi connectivity index (χ2v) is 7.64. The Hall–Kier alpha value is -1.59. The molecule has 0 radical (unpaired) electrons. The van der Waals surface area contributed by atoms with Gasteiger partial charge >= 0.3 is 0 Å². The lowest BCUT2D eigenvalue weighted by Gasteiger charge is -2.48. The van der Waals surface area contributed by atoms with Gasteiger partial charge in [-0.25, -0.2) is 0 Å². The molecule has 0 spiro atoms. The molecule has 5 nitrogen and oxygen atoms in total. The van der Waals surface area contributed by atoms with E-state index < -0.39 is 0 Å². The molecule has 2 aliphatic carbocycles. The summed E-state index contributed by atoms with van der Waals surface area (Å²) in [6, 6.07) is 10.9. The van der Waals surface area contributed by atoms with Crippen molar-refractivity contribution in [2.75, 3.05) is 13.1 Å². The van der Waals surface area contributed by atoms with Gasteiger partial charge in [-0.15, -0.1) is 12.4 Å². The first-order chi connectivity index (χ1) is 11.6. The normalized spacial score (nSPS) is 31.2. The summed E-state index contributed by atoms with van der Waals surface area (Å²) in [4.78, 5) is 26.4. The van der Waals surface area contributed by atoms with Crippen molar-refractivity contribution >= 4 is 24.2 Å². The molecule has 1 heterocycles. The average Bonchev–Trinajstić information content (AvgIpc) is 3.33. The standard InChI is InChI=1S/C19H25N3O2.ClH/c20-12-19(14-4-2-1-3-5-14)9-15(10-19)21-18(24)13-8-17(23)22(11-13)16-6-7-16;/h1-5,13,15-16H,6-12,20H2,(H,21,24);1H/t13-,15?,19?;/m0./s1. The summed E-state index contributed by atoms with van der Waals surface area (Å²) in [5.41, 5.74) is 7.28. The number of halogens is 1. The van der Waals surface area contributed by atoms with Crippen LogP contribution in [0.25, 0.3) is 0 Å². The molecule has 4 rings (SSSR count). The van der Waals surface area contributed by atoms with Crippen LogP contribution in [0.2, 0.25) is 0 Å². The number of hydrogen-bond acceptors (Lipinski definition) is 3. The minimum Gasteiger partial charge on any atom is -0.353 e. The van der Waals surface area contributed by atoms with Crippen molar-refractivity contribution in [2.45, 2.75) is 49.6 Å². The molecule has 25 heavy (non-hydrogen) atoms. The molecule has 2 amide bonds. The first kappa shape index (κ1) is 18.2. The summed E-state index contributed by atoms with van der Waals surface area (Å²) >= 11 is 0. The van der Waals surface area contributed by atoms with Gasteiger partial charge in [0.25, 0.3) is 0 Å². The lowest BCUT2D eigenvalue weighted by molar-refractivity contribution is -0.129. The largest absolute Gasteiger partial charge is 0.353 e. The number of carbonyl (C=O) groups is 2. The highest BCUT2D eigenvalue weighted by Gasteiger charge is 2.47. The fraction of sp³-hybridized carbons (Fsp3) is 0.579. The van der Waals surface area contributed by atoms with Crippen molar-refractivity contribution in [3.63, 3.8) is 0 Å². The molecule has 0 bridgehead atoms. The number of benzene rings is 1. The third-order valence-electron chi connectivity index (χ3n) is 5.91. The quantitative estimate of drug-likeness (QED) is 0.834. The van der Waals surface area contributed by atoms with Crippen molar-refractivity contribution in [1.29, 1.82) is 0 Å². The minimum absolute atomic E-state index is 0. The molecule has 3 N–H and O–H groups in total. The Balaban J connectivity index is 0.00000182. The number of likely N-dealkylation sites (tertiary alicyclic amines) is 1. The van der Waals surface area contributed by atoms with Crippen molar-refractivity contribution in [3.05, 3.63) is 35.9 Å². The Morgan fingerprint density at radius 1 is 1.24 bits per heavy atom. The first-order valence-electron chi connectivity index (χ1n) is 8.97. The van der Waals surface area contributed by atoms with Crippen LogP contribution in [-0.4, -0.2) is 41.9 Å². The molecule has 1 aromatic carbocycles.